The molecule has 0 aromatic carbocycles. The number of aromatic amines is 1. The van der Waals surface area contributed by atoms with E-state index < -0.39 is 26.3 Å². The van der Waals surface area contributed by atoms with Crippen molar-refractivity contribution in [1.82, 2.24) is 9.55 Å². The van der Waals surface area contributed by atoms with E-state index in [2.05, 4.69) is 4.98 Å². The maximum Gasteiger partial charge on any atom is 0.328 e. The van der Waals surface area contributed by atoms with Gasteiger partial charge in [0, 0.05) is 18.3 Å². The van der Waals surface area contributed by atoms with Gasteiger partial charge in [-0.2, -0.15) is 0 Å². The zero-order chi connectivity index (χ0) is 13.2. The summed E-state index contributed by atoms with van der Waals surface area (Å²) in [6.45, 7) is 4.80. The summed E-state index contributed by atoms with van der Waals surface area (Å²) in [5, 5.41) is -0.470. The maximum absolute atomic E-state index is 11.6. The first-order valence-corrected chi connectivity index (χ1v) is 6.97. The van der Waals surface area contributed by atoms with E-state index in [0.29, 0.717) is 5.56 Å². The van der Waals surface area contributed by atoms with Crippen molar-refractivity contribution in [2.75, 3.05) is 5.75 Å². The summed E-state index contributed by atoms with van der Waals surface area (Å²) in [5.74, 6) is -0.115. The highest BCUT2D eigenvalue weighted by molar-refractivity contribution is 7.91. The second-order valence-electron chi connectivity index (χ2n) is 4.18. The quantitative estimate of drug-likeness (QED) is 0.802. The number of hydrogen-bond acceptors (Lipinski definition) is 4. The summed E-state index contributed by atoms with van der Waals surface area (Å²) in [6, 6.07) is 0. The van der Waals surface area contributed by atoms with Crippen LogP contribution in [0.25, 0.3) is 0 Å². The minimum Gasteiger partial charge on any atom is -0.299 e. The zero-order valence-electron chi connectivity index (χ0n) is 10.1. The lowest BCUT2D eigenvalue weighted by atomic mass is 10.4. The average molecular weight is 260 g/mol. The Hall–Kier alpha value is -1.37. The average Bonchev–Trinajstić information content (AvgIpc) is 2.21. The molecule has 1 aromatic heterocycles. The molecule has 0 atom stereocenters. The van der Waals surface area contributed by atoms with Crippen LogP contribution in [0.2, 0.25) is 0 Å². The standard InChI is InChI=1S/C10H16N2O4S/c1-7(2)17(15,16)5-4-12-6-8(3)9(13)11-10(12)14/h6-7H,4-5H2,1-3H3,(H,11,13,14). The van der Waals surface area contributed by atoms with Crippen molar-refractivity contribution in [1.29, 1.82) is 0 Å². The molecule has 0 saturated carbocycles. The highest BCUT2D eigenvalue weighted by atomic mass is 32.2. The summed E-state index contributed by atoms with van der Waals surface area (Å²) in [5.41, 5.74) is -0.649. The van der Waals surface area contributed by atoms with Crippen LogP contribution in [-0.2, 0) is 16.4 Å². The van der Waals surface area contributed by atoms with Crippen molar-refractivity contribution in [2.24, 2.45) is 0 Å². The molecule has 0 aliphatic carbocycles. The second kappa shape index (κ2) is 4.87. The summed E-state index contributed by atoms with van der Waals surface area (Å²) in [4.78, 5) is 24.6. The molecule has 0 fully saturated rings. The van der Waals surface area contributed by atoms with Crippen LogP contribution in [-0.4, -0.2) is 29.0 Å². The van der Waals surface area contributed by atoms with E-state index in [9.17, 15) is 18.0 Å². The van der Waals surface area contributed by atoms with Crippen molar-refractivity contribution in [3.05, 3.63) is 32.6 Å². The first-order valence-electron chi connectivity index (χ1n) is 5.26. The molecule has 7 heteroatoms. The van der Waals surface area contributed by atoms with Gasteiger partial charge in [-0.05, 0) is 20.8 Å². The normalized spacial score (nSPS) is 12.0. The van der Waals surface area contributed by atoms with Gasteiger partial charge in [-0.25, -0.2) is 13.2 Å². The molecular weight excluding hydrogens is 244 g/mol. The van der Waals surface area contributed by atoms with Crippen LogP contribution in [0.15, 0.2) is 15.8 Å². The molecule has 0 aliphatic heterocycles. The van der Waals surface area contributed by atoms with Gasteiger partial charge in [0.05, 0.1) is 11.0 Å². The molecule has 1 aromatic rings. The Morgan fingerprint density at radius 3 is 2.47 bits per heavy atom. The molecule has 6 nitrogen and oxygen atoms in total. The fourth-order valence-corrected chi connectivity index (χ4v) is 2.17. The maximum atomic E-state index is 11.6. The third kappa shape index (κ3) is 3.29. The summed E-state index contributed by atoms with van der Waals surface area (Å²) < 4.78 is 24.4. The van der Waals surface area contributed by atoms with Crippen LogP contribution in [0.5, 0.6) is 0 Å². The van der Waals surface area contributed by atoms with E-state index in [1.807, 2.05) is 0 Å². The van der Waals surface area contributed by atoms with Gasteiger partial charge >= 0.3 is 5.69 Å². The second-order valence-corrected chi connectivity index (χ2v) is 6.86. The van der Waals surface area contributed by atoms with Crippen molar-refractivity contribution < 1.29 is 8.42 Å². The third-order valence-electron chi connectivity index (χ3n) is 2.52. The fraction of sp³-hybridized carbons (Fsp3) is 0.600. The SMILES string of the molecule is Cc1cn(CCS(=O)(=O)C(C)C)c(=O)[nH]c1=O. The molecule has 0 unspecified atom stereocenters. The van der Waals surface area contributed by atoms with Crippen LogP contribution in [0.3, 0.4) is 0 Å². The molecule has 1 heterocycles. The molecular formula is C10H16N2O4S. The van der Waals surface area contributed by atoms with Gasteiger partial charge in [0.25, 0.3) is 5.56 Å². The Bertz CT molecular complexity index is 610. The number of aromatic nitrogens is 2. The Balaban J connectivity index is 2.96. The van der Waals surface area contributed by atoms with E-state index in [1.165, 1.54) is 10.8 Å². The first kappa shape index (κ1) is 13.7. The largest absolute Gasteiger partial charge is 0.328 e. The van der Waals surface area contributed by atoms with Crippen LogP contribution in [0.4, 0.5) is 0 Å². The van der Waals surface area contributed by atoms with Crippen LogP contribution in [0, 0.1) is 6.92 Å². The zero-order valence-corrected chi connectivity index (χ0v) is 10.9. The smallest absolute Gasteiger partial charge is 0.299 e. The lowest BCUT2D eigenvalue weighted by Crippen LogP contribution is -2.33. The van der Waals surface area contributed by atoms with Gasteiger partial charge in [-0.1, -0.05) is 0 Å². The molecule has 0 bridgehead atoms. The first-order chi connectivity index (χ1) is 7.74. The Labute approximate surface area is 99.2 Å². The van der Waals surface area contributed by atoms with E-state index >= 15 is 0 Å². The number of rotatable bonds is 4. The van der Waals surface area contributed by atoms with Gasteiger partial charge < -0.3 is 0 Å². The molecule has 0 spiro atoms. The minimum absolute atomic E-state index is 0.0525. The molecule has 1 N–H and O–H groups in total. The highest BCUT2D eigenvalue weighted by Gasteiger charge is 2.16. The highest BCUT2D eigenvalue weighted by Crippen LogP contribution is 2.01. The van der Waals surface area contributed by atoms with Gasteiger partial charge in [-0.3, -0.25) is 14.3 Å². The topological polar surface area (TPSA) is 89.0 Å². The molecule has 17 heavy (non-hydrogen) atoms. The molecule has 0 saturated heterocycles. The van der Waals surface area contributed by atoms with Gasteiger partial charge in [0.1, 0.15) is 0 Å². The van der Waals surface area contributed by atoms with Crippen LogP contribution < -0.4 is 11.2 Å². The lowest BCUT2D eigenvalue weighted by Gasteiger charge is -2.09. The van der Waals surface area contributed by atoms with Crippen molar-refractivity contribution in [3.63, 3.8) is 0 Å². The van der Waals surface area contributed by atoms with E-state index in [4.69, 9.17) is 0 Å². The number of hydrogen-bond donors (Lipinski definition) is 1. The molecule has 0 amide bonds. The van der Waals surface area contributed by atoms with Gasteiger partial charge in [0.2, 0.25) is 0 Å². The summed E-state index contributed by atoms with van der Waals surface area (Å²) in [6.07, 6.45) is 1.37. The van der Waals surface area contributed by atoms with Crippen LogP contribution in [0.1, 0.15) is 19.4 Å². The Morgan fingerprint density at radius 1 is 1.35 bits per heavy atom. The monoisotopic (exact) mass is 260 g/mol. The number of aryl methyl sites for hydroxylation is 2. The molecule has 0 aliphatic rings. The van der Waals surface area contributed by atoms with Gasteiger partial charge in [0.15, 0.2) is 9.84 Å². The van der Waals surface area contributed by atoms with Crippen molar-refractivity contribution in [3.8, 4) is 0 Å². The lowest BCUT2D eigenvalue weighted by molar-refractivity contribution is 0.576. The molecule has 0 radical (unpaired) electrons. The molecule has 1 rings (SSSR count). The van der Waals surface area contributed by atoms with E-state index in [1.54, 1.807) is 20.8 Å². The number of nitrogens with one attached hydrogen (secondary N) is 1. The number of nitrogens with zero attached hydrogens (tertiary/aromatic N) is 1. The van der Waals surface area contributed by atoms with Crippen LogP contribution >= 0.6 is 0 Å². The van der Waals surface area contributed by atoms with Gasteiger partial charge in [-0.15, -0.1) is 0 Å². The Kier molecular flexibility index (Phi) is 3.92. The molecule has 96 valence electrons. The fourth-order valence-electron chi connectivity index (χ4n) is 1.25. The third-order valence-corrected chi connectivity index (χ3v) is 4.71. The summed E-state index contributed by atoms with van der Waals surface area (Å²) >= 11 is 0. The van der Waals surface area contributed by atoms with Crippen molar-refractivity contribution in [2.45, 2.75) is 32.6 Å². The number of H-pyrrole nitrogens is 1. The predicted molar refractivity (Wildman–Crippen MR) is 65.0 cm³/mol. The predicted octanol–water partition coefficient (Wildman–Crippen LogP) is -0.332. The number of sulfone groups is 1. The van der Waals surface area contributed by atoms with E-state index in [-0.39, 0.29) is 12.3 Å². The van der Waals surface area contributed by atoms with Crippen molar-refractivity contribution >= 4 is 9.84 Å². The Morgan fingerprint density at radius 2 is 1.94 bits per heavy atom. The summed E-state index contributed by atoms with van der Waals surface area (Å²) in [7, 11) is -3.19. The minimum atomic E-state index is -3.19. The van der Waals surface area contributed by atoms with E-state index in [0.717, 1.165) is 0 Å².